The zero-order valence-electron chi connectivity index (χ0n) is 15.8. The predicted molar refractivity (Wildman–Crippen MR) is 97.4 cm³/mol. The number of esters is 1. The molecule has 29 heavy (non-hydrogen) atoms. The second kappa shape index (κ2) is 10.2. The number of aliphatic hydroxyl groups is 3. The summed E-state index contributed by atoms with van der Waals surface area (Å²) in [5, 5.41) is 38.9. The summed E-state index contributed by atoms with van der Waals surface area (Å²) in [5.74, 6) is -1.84. The topological polar surface area (TPSA) is 152 Å². The molecular weight excluding hydrogens is 388 g/mol. The van der Waals surface area contributed by atoms with Crippen LogP contribution in [0.1, 0.15) is 12.0 Å². The third-order valence-corrected chi connectivity index (χ3v) is 4.22. The van der Waals surface area contributed by atoms with E-state index in [-0.39, 0.29) is 5.75 Å². The maximum absolute atomic E-state index is 11.4. The molecule has 2 rings (SSSR count). The lowest BCUT2D eigenvalue weighted by atomic mass is 9.99. The van der Waals surface area contributed by atoms with Crippen molar-refractivity contribution in [3.05, 3.63) is 36.4 Å². The highest BCUT2D eigenvalue weighted by Gasteiger charge is 2.45. The highest BCUT2D eigenvalue weighted by molar-refractivity contribution is 5.90. The minimum absolute atomic E-state index is 0.217. The van der Waals surface area contributed by atoms with Crippen molar-refractivity contribution in [1.82, 2.24) is 0 Å². The summed E-state index contributed by atoms with van der Waals surface area (Å²) < 4.78 is 21.1. The SMILES string of the molecule is C=CCc1ccc(OC2OC(COC(=O)CC(=O)O)C(O)C(O)C2O)c(OC)c1. The van der Waals surface area contributed by atoms with Crippen LogP contribution < -0.4 is 9.47 Å². The number of carbonyl (C=O) groups is 2. The lowest BCUT2D eigenvalue weighted by Gasteiger charge is -2.40. The van der Waals surface area contributed by atoms with E-state index >= 15 is 0 Å². The highest BCUT2D eigenvalue weighted by Crippen LogP contribution is 2.32. The van der Waals surface area contributed by atoms with Gasteiger partial charge in [0.15, 0.2) is 11.5 Å². The number of hydrogen-bond acceptors (Lipinski definition) is 9. The lowest BCUT2D eigenvalue weighted by molar-refractivity contribution is -0.278. The van der Waals surface area contributed by atoms with Gasteiger partial charge >= 0.3 is 11.9 Å². The Morgan fingerprint density at radius 2 is 1.90 bits per heavy atom. The third-order valence-electron chi connectivity index (χ3n) is 4.22. The number of allylic oxidation sites excluding steroid dienone is 1. The first-order valence-electron chi connectivity index (χ1n) is 8.78. The van der Waals surface area contributed by atoms with Crippen molar-refractivity contribution in [3.63, 3.8) is 0 Å². The maximum atomic E-state index is 11.4. The van der Waals surface area contributed by atoms with Crippen molar-refractivity contribution >= 4 is 11.9 Å². The van der Waals surface area contributed by atoms with Gasteiger partial charge in [-0.3, -0.25) is 9.59 Å². The molecular formula is C19H24O10. The first-order valence-corrected chi connectivity index (χ1v) is 8.78. The highest BCUT2D eigenvalue weighted by atomic mass is 16.7. The number of benzene rings is 1. The number of aliphatic hydroxyl groups excluding tert-OH is 3. The molecule has 0 bridgehead atoms. The Kier molecular flexibility index (Phi) is 7.97. The zero-order valence-corrected chi connectivity index (χ0v) is 15.8. The molecule has 4 N–H and O–H groups in total. The number of carbonyl (C=O) groups excluding carboxylic acids is 1. The van der Waals surface area contributed by atoms with E-state index in [0.29, 0.717) is 12.2 Å². The van der Waals surface area contributed by atoms with Crippen LogP contribution in [0.2, 0.25) is 0 Å². The Morgan fingerprint density at radius 1 is 1.17 bits per heavy atom. The molecule has 0 saturated carbocycles. The van der Waals surface area contributed by atoms with Gasteiger partial charge in [0.25, 0.3) is 0 Å². The van der Waals surface area contributed by atoms with E-state index in [1.807, 2.05) is 0 Å². The number of aliphatic carboxylic acids is 1. The molecule has 1 aliphatic rings. The second-order valence-electron chi connectivity index (χ2n) is 6.36. The summed E-state index contributed by atoms with van der Waals surface area (Å²) in [6, 6.07) is 5.06. The molecule has 0 spiro atoms. The van der Waals surface area contributed by atoms with Crippen LogP contribution in [0.4, 0.5) is 0 Å². The molecule has 1 saturated heterocycles. The number of carboxylic acids is 1. The van der Waals surface area contributed by atoms with E-state index in [1.165, 1.54) is 7.11 Å². The average molecular weight is 412 g/mol. The van der Waals surface area contributed by atoms with Gasteiger partial charge in [-0.1, -0.05) is 12.1 Å². The quantitative estimate of drug-likeness (QED) is 0.240. The lowest BCUT2D eigenvalue weighted by Crippen LogP contribution is -2.60. The van der Waals surface area contributed by atoms with Gasteiger partial charge in [0.2, 0.25) is 6.29 Å². The molecule has 10 nitrogen and oxygen atoms in total. The van der Waals surface area contributed by atoms with Gasteiger partial charge in [0, 0.05) is 0 Å². The fraction of sp³-hybridized carbons (Fsp3) is 0.474. The predicted octanol–water partition coefficient (Wildman–Crippen LogP) is -0.372. The molecule has 0 aromatic heterocycles. The maximum Gasteiger partial charge on any atom is 0.317 e. The number of methoxy groups -OCH3 is 1. The number of rotatable bonds is 9. The molecule has 0 amide bonds. The molecule has 160 valence electrons. The molecule has 1 aromatic rings. The van der Waals surface area contributed by atoms with Crippen molar-refractivity contribution in [3.8, 4) is 11.5 Å². The summed E-state index contributed by atoms with van der Waals surface area (Å²) in [5.41, 5.74) is 0.910. The summed E-state index contributed by atoms with van der Waals surface area (Å²) in [4.78, 5) is 21.9. The molecule has 10 heteroatoms. The van der Waals surface area contributed by atoms with Crippen LogP contribution in [0.3, 0.4) is 0 Å². The number of hydrogen-bond donors (Lipinski definition) is 4. The largest absolute Gasteiger partial charge is 0.493 e. The van der Waals surface area contributed by atoms with Gasteiger partial charge in [0.1, 0.15) is 37.4 Å². The Labute approximate surface area is 166 Å². The van der Waals surface area contributed by atoms with E-state index in [0.717, 1.165) is 5.56 Å². The minimum atomic E-state index is -1.65. The van der Waals surface area contributed by atoms with Gasteiger partial charge < -0.3 is 39.4 Å². The molecule has 1 fully saturated rings. The van der Waals surface area contributed by atoms with Crippen LogP contribution in [-0.4, -0.2) is 76.8 Å². The summed E-state index contributed by atoms with van der Waals surface area (Å²) in [6.07, 6.45) is -6.03. The van der Waals surface area contributed by atoms with Gasteiger partial charge in [0.05, 0.1) is 7.11 Å². The van der Waals surface area contributed by atoms with Crippen molar-refractivity contribution in [2.24, 2.45) is 0 Å². The number of ether oxygens (including phenoxy) is 4. The van der Waals surface area contributed by atoms with E-state index in [4.69, 9.17) is 24.1 Å². The Bertz CT molecular complexity index is 734. The smallest absolute Gasteiger partial charge is 0.317 e. The molecule has 0 radical (unpaired) electrons. The molecule has 0 aliphatic carbocycles. The Hall–Kier alpha value is -2.66. The van der Waals surface area contributed by atoms with Gasteiger partial charge in [-0.2, -0.15) is 0 Å². The molecule has 1 aromatic carbocycles. The summed E-state index contributed by atoms with van der Waals surface area (Å²) in [6.45, 7) is 3.13. The monoisotopic (exact) mass is 412 g/mol. The van der Waals surface area contributed by atoms with Gasteiger partial charge in [-0.15, -0.1) is 6.58 Å². The average Bonchev–Trinajstić information content (AvgIpc) is 2.68. The summed E-state index contributed by atoms with van der Waals surface area (Å²) in [7, 11) is 1.43. The Morgan fingerprint density at radius 3 is 2.52 bits per heavy atom. The Balaban J connectivity index is 2.10. The normalized spacial score (nSPS) is 26.4. The van der Waals surface area contributed by atoms with Gasteiger partial charge in [-0.05, 0) is 24.1 Å². The van der Waals surface area contributed by atoms with E-state index in [2.05, 4.69) is 6.58 Å². The van der Waals surface area contributed by atoms with Crippen LogP contribution in [0.5, 0.6) is 11.5 Å². The van der Waals surface area contributed by atoms with Crippen LogP contribution in [0.15, 0.2) is 30.9 Å². The van der Waals surface area contributed by atoms with Crippen LogP contribution in [0, 0.1) is 0 Å². The van der Waals surface area contributed by atoms with Crippen molar-refractivity contribution < 1.29 is 49.0 Å². The first kappa shape index (κ1) is 22.6. The third kappa shape index (κ3) is 5.91. The van der Waals surface area contributed by atoms with E-state index in [1.54, 1.807) is 24.3 Å². The van der Waals surface area contributed by atoms with E-state index < -0.39 is 55.7 Å². The van der Waals surface area contributed by atoms with E-state index in [9.17, 15) is 24.9 Å². The fourth-order valence-electron chi connectivity index (χ4n) is 2.73. The van der Waals surface area contributed by atoms with Crippen LogP contribution in [0.25, 0.3) is 0 Å². The molecule has 1 aliphatic heterocycles. The first-order chi connectivity index (χ1) is 13.8. The van der Waals surface area contributed by atoms with Crippen molar-refractivity contribution in [1.29, 1.82) is 0 Å². The zero-order chi connectivity index (χ0) is 21.6. The summed E-state index contributed by atoms with van der Waals surface area (Å²) >= 11 is 0. The van der Waals surface area contributed by atoms with Crippen LogP contribution in [-0.2, 0) is 25.5 Å². The molecule has 1 heterocycles. The van der Waals surface area contributed by atoms with Crippen molar-refractivity contribution in [2.45, 2.75) is 43.5 Å². The van der Waals surface area contributed by atoms with Crippen LogP contribution >= 0.6 is 0 Å². The minimum Gasteiger partial charge on any atom is -0.493 e. The standard InChI is InChI=1S/C19H24O10/c1-3-4-10-5-6-11(12(7-10)26-2)28-19-18(25)17(24)16(23)13(29-19)9-27-15(22)8-14(20)21/h3,5-7,13,16-19,23-25H,1,4,8-9H2,2H3,(H,20,21). The molecule has 5 unspecified atom stereocenters. The molecule has 5 atom stereocenters. The fourth-order valence-corrected chi connectivity index (χ4v) is 2.73. The second-order valence-corrected chi connectivity index (χ2v) is 6.36. The number of carboxylic acid groups (broad SMARTS) is 1. The van der Waals surface area contributed by atoms with Gasteiger partial charge in [-0.25, -0.2) is 0 Å². The van der Waals surface area contributed by atoms with Crippen molar-refractivity contribution in [2.75, 3.05) is 13.7 Å².